The molecule has 0 aliphatic carbocycles. The molecule has 1 aromatic carbocycles. The molecule has 3 aromatic heterocycles. The molecule has 0 amide bonds. The smallest absolute Gasteiger partial charge is 0.220 e. The summed E-state index contributed by atoms with van der Waals surface area (Å²) in [7, 11) is 0. The number of hydrogen-bond donors (Lipinski definition) is 2. The third kappa shape index (κ3) is 3.37. The van der Waals surface area contributed by atoms with Gasteiger partial charge >= 0.3 is 0 Å². The lowest BCUT2D eigenvalue weighted by molar-refractivity contribution is 0.0856. The summed E-state index contributed by atoms with van der Waals surface area (Å²) in [5, 5.41) is 15.7. The standard InChI is InChI=1S/C22H19N5O3/c1-13(28)16-8-15-3-5-20-17-9-14(2-4-19(17)26-27-20)18-11-24-25-21(18)12-29-6-7-30-22(15)23-10-16/h2-5,8-11H,6-7,12H2,1H3,(H,24,25)(H,26,27)/b5-3+. The van der Waals surface area contributed by atoms with Crippen LogP contribution < -0.4 is 4.74 Å². The van der Waals surface area contributed by atoms with E-state index in [0.29, 0.717) is 36.8 Å². The fourth-order valence-electron chi connectivity index (χ4n) is 3.44. The molecule has 8 nitrogen and oxygen atoms in total. The van der Waals surface area contributed by atoms with E-state index in [1.54, 1.807) is 12.3 Å². The Balaban J connectivity index is 1.64. The fraction of sp³-hybridized carbons (Fsp3) is 0.182. The van der Waals surface area contributed by atoms with Gasteiger partial charge in [-0.1, -0.05) is 6.07 Å². The fourth-order valence-corrected chi connectivity index (χ4v) is 3.44. The minimum absolute atomic E-state index is 0.0532. The normalized spacial score (nSPS) is 15.0. The Hall–Kier alpha value is -3.78. The minimum atomic E-state index is -0.0532. The molecular weight excluding hydrogens is 382 g/mol. The number of ether oxygens (including phenoxy) is 2. The minimum Gasteiger partial charge on any atom is -0.475 e. The van der Waals surface area contributed by atoms with Crippen LogP contribution in [0.2, 0.25) is 0 Å². The van der Waals surface area contributed by atoms with Gasteiger partial charge in [0, 0.05) is 28.3 Å². The van der Waals surface area contributed by atoms with Crippen LogP contribution in [0.1, 0.15) is 34.2 Å². The van der Waals surface area contributed by atoms with Gasteiger partial charge in [0.2, 0.25) is 5.88 Å². The van der Waals surface area contributed by atoms with Gasteiger partial charge < -0.3 is 9.47 Å². The number of carbonyl (C=O) groups is 1. The molecule has 1 aliphatic rings. The first-order valence-electron chi connectivity index (χ1n) is 9.59. The Kier molecular flexibility index (Phi) is 4.61. The van der Waals surface area contributed by atoms with Gasteiger partial charge in [-0.15, -0.1) is 0 Å². The van der Waals surface area contributed by atoms with Crippen LogP contribution in [0, 0.1) is 0 Å². The van der Waals surface area contributed by atoms with E-state index in [4.69, 9.17) is 9.47 Å². The molecule has 2 bridgehead atoms. The first kappa shape index (κ1) is 18.3. The topological polar surface area (TPSA) is 106 Å². The molecule has 0 saturated carbocycles. The highest BCUT2D eigenvalue weighted by atomic mass is 16.5. The molecular formula is C22H19N5O3. The second kappa shape index (κ2) is 7.57. The van der Waals surface area contributed by atoms with Crippen LogP contribution in [0.4, 0.5) is 0 Å². The molecule has 2 N–H and O–H groups in total. The number of aromatic amines is 2. The average molecular weight is 401 g/mol. The van der Waals surface area contributed by atoms with Crippen LogP contribution >= 0.6 is 0 Å². The van der Waals surface area contributed by atoms with Crippen LogP contribution in [0.5, 0.6) is 5.88 Å². The second-order valence-corrected chi connectivity index (χ2v) is 7.04. The molecule has 150 valence electrons. The van der Waals surface area contributed by atoms with Gasteiger partial charge in [0.15, 0.2) is 5.78 Å². The maximum atomic E-state index is 11.8. The van der Waals surface area contributed by atoms with Gasteiger partial charge in [0.25, 0.3) is 0 Å². The van der Waals surface area contributed by atoms with Gasteiger partial charge in [0.05, 0.1) is 36.3 Å². The van der Waals surface area contributed by atoms with Crippen LogP contribution in [0.25, 0.3) is 34.2 Å². The highest BCUT2D eigenvalue weighted by Gasteiger charge is 2.13. The maximum absolute atomic E-state index is 11.8. The van der Waals surface area contributed by atoms with E-state index in [9.17, 15) is 4.79 Å². The Labute approximate surface area is 171 Å². The number of hydrogen-bond acceptors (Lipinski definition) is 6. The van der Waals surface area contributed by atoms with Gasteiger partial charge in [-0.25, -0.2) is 4.98 Å². The van der Waals surface area contributed by atoms with Gasteiger partial charge in [0.1, 0.15) is 6.61 Å². The monoisotopic (exact) mass is 401 g/mol. The maximum Gasteiger partial charge on any atom is 0.220 e. The number of rotatable bonds is 1. The van der Waals surface area contributed by atoms with Crippen molar-refractivity contribution in [2.45, 2.75) is 13.5 Å². The van der Waals surface area contributed by atoms with E-state index in [1.807, 2.05) is 24.3 Å². The lowest BCUT2D eigenvalue weighted by Gasteiger charge is -2.10. The number of nitrogens with one attached hydrogen (secondary N) is 2. The third-order valence-corrected chi connectivity index (χ3v) is 5.04. The van der Waals surface area contributed by atoms with Crippen LogP contribution in [-0.4, -0.2) is 44.4 Å². The number of pyridine rings is 1. The molecule has 30 heavy (non-hydrogen) atoms. The number of carbonyl (C=O) groups excluding carboxylic acids is 1. The summed E-state index contributed by atoms with van der Waals surface area (Å²) in [5.41, 5.74) is 5.85. The summed E-state index contributed by atoms with van der Waals surface area (Å²) in [5.74, 6) is 0.389. The molecule has 0 radical (unpaired) electrons. The molecule has 0 saturated heterocycles. The van der Waals surface area contributed by atoms with E-state index in [1.165, 1.54) is 13.1 Å². The van der Waals surface area contributed by atoms with Crippen molar-refractivity contribution < 1.29 is 14.3 Å². The molecule has 0 atom stereocenters. The van der Waals surface area contributed by atoms with E-state index >= 15 is 0 Å². The first-order chi connectivity index (χ1) is 14.7. The van der Waals surface area contributed by atoms with Crippen LogP contribution in [-0.2, 0) is 11.3 Å². The largest absolute Gasteiger partial charge is 0.475 e. The zero-order chi connectivity index (χ0) is 20.5. The summed E-state index contributed by atoms with van der Waals surface area (Å²) in [6, 6.07) is 7.88. The van der Waals surface area contributed by atoms with Gasteiger partial charge in [-0.05, 0) is 42.8 Å². The molecule has 4 aromatic rings. The van der Waals surface area contributed by atoms with Crippen molar-refractivity contribution in [1.82, 2.24) is 25.4 Å². The Morgan fingerprint density at radius 3 is 2.93 bits per heavy atom. The van der Waals surface area contributed by atoms with E-state index in [-0.39, 0.29) is 5.78 Å². The lowest BCUT2D eigenvalue weighted by Crippen LogP contribution is -2.09. The van der Waals surface area contributed by atoms with E-state index in [0.717, 1.165) is 33.4 Å². The molecule has 0 fully saturated rings. The molecule has 1 aliphatic heterocycles. The summed E-state index contributed by atoms with van der Waals surface area (Å²) in [6.45, 7) is 2.62. The van der Waals surface area contributed by atoms with Crippen LogP contribution in [0.15, 0.2) is 36.7 Å². The molecule has 0 spiro atoms. The predicted molar refractivity (Wildman–Crippen MR) is 112 cm³/mol. The second-order valence-electron chi connectivity index (χ2n) is 7.04. The summed E-state index contributed by atoms with van der Waals surface area (Å²) >= 11 is 0. The van der Waals surface area contributed by atoms with Gasteiger partial charge in [-0.2, -0.15) is 10.2 Å². The van der Waals surface area contributed by atoms with Crippen LogP contribution in [0.3, 0.4) is 0 Å². The predicted octanol–water partition coefficient (Wildman–Crippen LogP) is 3.63. The third-order valence-electron chi connectivity index (χ3n) is 5.04. The molecule has 5 rings (SSSR count). The van der Waals surface area contributed by atoms with Crippen molar-refractivity contribution in [2.24, 2.45) is 0 Å². The Morgan fingerprint density at radius 1 is 1.10 bits per heavy atom. The van der Waals surface area contributed by atoms with Crippen molar-refractivity contribution >= 4 is 28.8 Å². The average Bonchev–Trinajstić information content (AvgIpc) is 3.38. The van der Waals surface area contributed by atoms with Crippen molar-refractivity contribution in [3.05, 3.63) is 59.2 Å². The van der Waals surface area contributed by atoms with Crippen molar-refractivity contribution in [1.29, 1.82) is 0 Å². The lowest BCUT2D eigenvalue weighted by atomic mass is 10.0. The zero-order valence-electron chi connectivity index (χ0n) is 16.3. The summed E-state index contributed by atoms with van der Waals surface area (Å²) in [6.07, 6.45) is 7.08. The number of Topliss-reactive ketones (excluding diaryl/α,β-unsaturated/α-hetero) is 1. The highest BCUT2D eigenvalue weighted by Crippen LogP contribution is 2.29. The van der Waals surface area contributed by atoms with E-state index < -0.39 is 0 Å². The number of aromatic nitrogens is 5. The van der Waals surface area contributed by atoms with Gasteiger partial charge in [-0.3, -0.25) is 15.0 Å². The Morgan fingerprint density at radius 2 is 2.03 bits per heavy atom. The quantitative estimate of drug-likeness (QED) is 0.472. The number of benzene rings is 1. The number of H-pyrrole nitrogens is 2. The number of nitrogens with zero attached hydrogens (tertiary/aromatic N) is 3. The molecule has 4 heterocycles. The first-order valence-corrected chi connectivity index (χ1v) is 9.59. The number of fused-ring (bicyclic) bond motifs is 4. The zero-order valence-corrected chi connectivity index (χ0v) is 16.3. The molecule has 8 heteroatoms. The highest BCUT2D eigenvalue weighted by molar-refractivity contribution is 5.96. The summed E-state index contributed by atoms with van der Waals surface area (Å²) in [4.78, 5) is 16.1. The van der Waals surface area contributed by atoms with Crippen molar-refractivity contribution in [3.63, 3.8) is 0 Å². The summed E-state index contributed by atoms with van der Waals surface area (Å²) < 4.78 is 11.6. The Bertz CT molecular complexity index is 1270. The van der Waals surface area contributed by atoms with Crippen molar-refractivity contribution in [3.8, 4) is 17.0 Å². The molecule has 0 unspecified atom stereocenters. The van der Waals surface area contributed by atoms with E-state index in [2.05, 4.69) is 31.4 Å². The number of ketones is 1. The van der Waals surface area contributed by atoms with Crippen molar-refractivity contribution in [2.75, 3.05) is 13.2 Å². The SMILES string of the molecule is CC(=O)c1cnc2c(c1)/C=C/c1n[nH]c3ccc(cc13)-c1cn[nH]c1COCCO2.